The molecule has 9 nitrogen and oxygen atoms in total. The van der Waals surface area contributed by atoms with E-state index in [9.17, 15) is 14.2 Å². The molecular formula is C35H65O9P. The summed E-state index contributed by atoms with van der Waals surface area (Å²) in [6.45, 7) is 15.9. The van der Waals surface area contributed by atoms with Crippen LogP contribution in [0.2, 0.25) is 0 Å². The summed E-state index contributed by atoms with van der Waals surface area (Å²) in [5.41, 5.74) is 0. The Labute approximate surface area is 274 Å². The second kappa shape index (κ2) is 29.9. The molecule has 0 aliphatic rings. The minimum atomic E-state index is -4.25. The molecule has 10 heteroatoms. The molecule has 0 radical (unpaired) electrons. The van der Waals surface area contributed by atoms with Crippen molar-refractivity contribution in [2.75, 3.05) is 13.2 Å². The molecule has 0 bridgehead atoms. The maximum absolute atomic E-state index is 14.7. The van der Waals surface area contributed by atoms with E-state index in [4.69, 9.17) is 28.0 Å². The quantitative estimate of drug-likeness (QED) is 0.0223. The van der Waals surface area contributed by atoms with Crippen LogP contribution in [-0.2, 0) is 42.1 Å². The Bertz CT molecular complexity index is 804. The molecule has 0 aromatic carbocycles. The van der Waals surface area contributed by atoms with Crippen molar-refractivity contribution < 1.29 is 42.1 Å². The van der Waals surface area contributed by atoms with Crippen LogP contribution in [-0.4, -0.2) is 43.8 Å². The minimum Gasteiger partial charge on any atom is -0.432 e. The summed E-state index contributed by atoms with van der Waals surface area (Å²) in [5, 5.41) is 0. The minimum absolute atomic E-state index is 0.145. The third-order valence-corrected chi connectivity index (χ3v) is 9.09. The van der Waals surface area contributed by atoms with Crippen LogP contribution in [0, 0.1) is 0 Å². The van der Waals surface area contributed by atoms with E-state index >= 15 is 0 Å². The molecule has 4 atom stereocenters. The zero-order valence-corrected chi connectivity index (χ0v) is 29.9. The van der Waals surface area contributed by atoms with Gasteiger partial charge in [-0.2, -0.15) is 0 Å². The number of hydrogen-bond acceptors (Lipinski definition) is 9. The van der Waals surface area contributed by atoms with Crippen molar-refractivity contribution in [3.8, 4) is 0 Å². The Hall–Kier alpha value is -1.51. The Morgan fingerprint density at radius 1 is 0.600 bits per heavy atom. The predicted molar refractivity (Wildman–Crippen MR) is 181 cm³/mol. The SMILES string of the molecule is C=CC(=O)OC(CCCCCC)OC(OCCCCCCC)P(=O)(OCCCCCCC)OC(CCCCCC)OC(=O)C=C. The molecule has 264 valence electrons. The van der Waals surface area contributed by atoms with Crippen LogP contribution in [0.25, 0.3) is 0 Å². The lowest BCUT2D eigenvalue weighted by atomic mass is 10.1. The number of esters is 2. The van der Waals surface area contributed by atoms with Crippen molar-refractivity contribution in [3.63, 3.8) is 0 Å². The molecule has 0 spiro atoms. The smallest absolute Gasteiger partial charge is 0.389 e. The van der Waals surface area contributed by atoms with E-state index in [0.717, 1.165) is 115 Å². The topological polar surface area (TPSA) is 107 Å². The molecule has 4 unspecified atom stereocenters. The fourth-order valence-electron chi connectivity index (χ4n) is 4.55. The predicted octanol–water partition coefficient (Wildman–Crippen LogP) is 10.5. The number of ether oxygens (including phenoxy) is 4. The number of unbranched alkanes of at least 4 members (excludes halogenated alkanes) is 14. The molecule has 0 aromatic rings. The van der Waals surface area contributed by atoms with Gasteiger partial charge in [0.1, 0.15) is 0 Å². The van der Waals surface area contributed by atoms with Gasteiger partial charge in [-0.15, -0.1) is 0 Å². The van der Waals surface area contributed by atoms with E-state index in [1.54, 1.807) is 0 Å². The van der Waals surface area contributed by atoms with Crippen molar-refractivity contribution in [3.05, 3.63) is 25.3 Å². The second-order valence-corrected chi connectivity index (χ2v) is 13.4. The van der Waals surface area contributed by atoms with E-state index in [1.807, 2.05) is 0 Å². The van der Waals surface area contributed by atoms with E-state index < -0.39 is 38.1 Å². The summed E-state index contributed by atoms with van der Waals surface area (Å²) in [6.07, 6.45) is 17.7. The van der Waals surface area contributed by atoms with Gasteiger partial charge in [-0.3, -0.25) is 9.09 Å². The van der Waals surface area contributed by atoms with Crippen molar-refractivity contribution in [1.29, 1.82) is 0 Å². The lowest BCUT2D eigenvalue weighted by Gasteiger charge is -2.32. The third-order valence-electron chi connectivity index (χ3n) is 7.23. The second-order valence-electron chi connectivity index (χ2n) is 11.5. The standard InChI is InChI=1S/C35H65O9P/c1-7-13-17-21-25-29-39-35(43-33(41-31(36)11-5)27-23-19-15-9-3)45(38,40-30-26-22-18-14-8-2)44-34(42-32(37)12-6)28-24-20-16-10-4/h11-12,33-35H,5-10,13-30H2,1-4H3. The van der Waals surface area contributed by atoms with Crippen LogP contribution in [0.15, 0.2) is 25.3 Å². The van der Waals surface area contributed by atoms with Crippen LogP contribution >= 0.6 is 7.60 Å². The number of carbonyl (C=O) groups excluding carboxylic acids is 2. The summed E-state index contributed by atoms with van der Waals surface area (Å²) in [6, 6.07) is -1.49. The van der Waals surface area contributed by atoms with Gasteiger partial charge >= 0.3 is 19.5 Å². The van der Waals surface area contributed by atoms with Gasteiger partial charge in [0.2, 0.25) is 12.6 Å². The Kier molecular flexibility index (Phi) is 28.9. The van der Waals surface area contributed by atoms with Gasteiger partial charge in [0, 0.05) is 25.0 Å². The van der Waals surface area contributed by atoms with Gasteiger partial charge in [0.05, 0.1) is 13.2 Å². The summed E-state index contributed by atoms with van der Waals surface area (Å²) in [4.78, 5) is 24.5. The fraction of sp³-hybridized carbons (Fsp3) is 0.829. The first-order chi connectivity index (χ1) is 21.8. The van der Waals surface area contributed by atoms with E-state index in [1.165, 1.54) is 0 Å². The van der Waals surface area contributed by atoms with Crippen LogP contribution < -0.4 is 0 Å². The highest BCUT2D eigenvalue weighted by atomic mass is 31.2. The van der Waals surface area contributed by atoms with Crippen molar-refractivity contribution >= 4 is 19.5 Å². The summed E-state index contributed by atoms with van der Waals surface area (Å²) >= 11 is 0. The number of carbonyl (C=O) groups is 2. The highest BCUT2D eigenvalue weighted by Gasteiger charge is 2.43. The van der Waals surface area contributed by atoms with Gasteiger partial charge in [-0.1, -0.05) is 131 Å². The number of rotatable bonds is 33. The largest absolute Gasteiger partial charge is 0.432 e. The van der Waals surface area contributed by atoms with Crippen LogP contribution in [0.4, 0.5) is 0 Å². The first-order valence-corrected chi connectivity index (χ1v) is 19.3. The molecule has 0 saturated heterocycles. The molecule has 0 heterocycles. The molecule has 0 amide bonds. The van der Waals surface area contributed by atoms with Crippen LogP contribution in [0.1, 0.15) is 156 Å². The first kappa shape index (κ1) is 43.5. The lowest BCUT2D eigenvalue weighted by molar-refractivity contribution is -0.223. The summed E-state index contributed by atoms with van der Waals surface area (Å²) in [5.74, 6) is -1.35. The first-order valence-electron chi connectivity index (χ1n) is 17.7. The molecule has 0 aliphatic carbocycles. The normalized spacial score (nSPS) is 14.7. The Morgan fingerprint density at radius 3 is 1.51 bits per heavy atom. The van der Waals surface area contributed by atoms with E-state index in [2.05, 4.69) is 40.9 Å². The zero-order valence-electron chi connectivity index (χ0n) is 29.0. The average Bonchev–Trinajstić information content (AvgIpc) is 3.03. The molecule has 0 aliphatic heterocycles. The van der Waals surface area contributed by atoms with Crippen molar-refractivity contribution in [2.45, 2.75) is 175 Å². The van der Waals surface area contributed by atoms with Gasteiger partial charge in [0.25, 0.3) is 6.03 Å². The fourth-order valence-corrected chi connectivity index (χ4v) is 6.26. The van der Waals surface area contributed by atoms with Gasteiger partial charge in [0.15, 0.2) is 0 Å². The van der Waals surface area contributed by atoms with E-state index in [-0.39, 0.29) is 13.2 Å². The third kappa shape index (κ3) is 23.5. The number of hydrogen-bond donors (Lipinski definition) is 0. The van der Waals surface area contributed by atoms with Gasteiger partial charge in [-0.25, -0.2) is 9.59 Å². The molecule has 0 N–H and O–H groups in total. The Morgan fingerprint density at radius 2 is 1.02 bits per heavy atom. The highest BCUT2D eigenvalue weighted by Crippen LogP contribution is 2.56. The van der Waals surface area contributed by atoms with Crippen LogP contribution in [0.5, 0.6) is 0 Å². The van der Waals surface area contributed by atoms with Gasteiger partial charge in [-0.05, 0) is 25.7 Å². The zero-order chi connectivity index (χ0) is 33.6. The molecule has 0 fully saturated rings. The lowest BCUT2D eigenvalue weighted by Crippen LogP contribution is -2.32. The molecule has 0 aromatic heterocycles. The molecule has 0 saturated carbocycles. The monoisotopic (exact) mass is 660 g/mol. The van der Waals surface area contributed by atoms with Crippen LogP contribution in [0.3, 0.4) is 0 Å². The summed E-state index contributed by atoms with van der Waals surface area (Å²) in [7, 11) is -4.25. The highest BCUT2D eigenvalue weighted by molar-refractivity contribution is 7.54. The summed E-state index contributed by atoms with van der Waals surface area (Å²) < 4.78 is 50.2. The Balaban J connectivity index is 6.24. The molecular weight excluding hydrogens is 595 g/mol. The maximum Gasteiger partial charge on any atom is 0.389 e. The molecule has 45 heavy (non-hydrogen) atoms. The van der Waals surface area contributed by atoms with Crippen molar-refractivity contribution in [2.24, 2.45) is 0 Å². The average molecular weight is 661 g/mol. The van der Waals surface area contributed by atoms with Crippen molar-refractivity contribution in [1.82, 2.24) is 0 Å². The maximum atomic E-state index is 14.7. The van der Waals surface area contributed by atoms with Gasteiger partial charge < -0.3 is 23.5 Å². The molecule has 0 rings (SSSR count). The van der Waals surface area contributed by atoms with E-state index in [0.29, 0.717) is 25.7 Å².